The highest BCUT2D eigenvalue weighted by Crippen LogP contribution is 2.32. The summed E-state index contributed by atoms with van der Waals surface area (Å²) in [4.78, 5) is 26.8. The third-order valence-corrected chi connectivity index (χ3v) is 7.00. The number of fused-ring (bicyclic) bond motifs is 1. The number of benzene rings is 1. The third kappa shape index (κ3) is 4.16. The number of nitrogens with one attached hydrogen (secondary N) is 1. The number of nitrogens with zero attached hydrogens (tertiary/aromatic N) is 3. The number of thiophene rings is 1. The van der Waals surface area contributed by atoms with Crippen molar-refractivity contribution in [1.29, 1.82) is 0 Å². The van der Waals surface area contributed by atoms with Crippen molar-refractivity contribution < 1.29 is 14.1 Å². The van der Waals surface area contributed by atoms with Crippen LogP contribution in [0.4, 0.5) is 0 Å². The second kappa shape index (κ2) is 8.80. The first-order chi connectivity index (χ1) is 15.6. The van der Waals surface area contributed by atoms with Gasteiger partial charge in [-0.2, -0.15) is 0 Å². The zero-order valence-corrected chi connectivity index (χ0v) is 18.7. The Balaban J connectivity index is 1.40. The Hall–Kier alpha value is -3.10. The predicted molar refractivity (Wildman–Crippen MR) is 124 cm³/mol. The van der Waals surface area contributed by atoms with Gasteiger partial charge in [0, 0.05) is 36.1 Å². The molecule has 1 saturated heterocycles. The number of aromatic nitrogens is 2. The maximum atomic E-state index is 13.2. The Morgan fingerprint density at radius 2 is 2.03 bits per heavy atom. The molecule has 7 nitrogen and oxygen atoms in total. The summed E-state index contributed by atoms with van der Waals surface area (Å²) in [6, 6.07) is 15.5. The molecule has 2 amide bonds. The first-order valence-electron chi connectivity index (χ1n) is 10.4. The second-order valence-electron chi connectivity index (χ2n) is 7.85. The van der Waals surface area contributed by atoms with Crippen LogP contribution in [-0.2, 0) is 11.3 Å². The van der Waals surface area contributed by atoms with E-state index >= 15 is 0 Å². The molecule has 0 atom stereocenters. The summed E-state index contributed by atoms with van der Waals surface area (Å²) in [5.41, 5.74) is 2.25. The van der Waals surface area contributed by atoms with Crippen molar-refractivity contribution in [2.75, 3.05) is 13.1 Å². The molecule has 1 aliphatic heterocycles. The number of para-hydroxylation sites is 1. The van der Waals surface area contributed by atoms with Crippen molar-refractivity contribution in [2.24, 2.45) is 0 Å². The predicted octanol–water partition coefficient (Wildman–Crippen LogP) is 4.41. The average Bonchev–Trinajstić information content (AvgIpc) is 3.54. The maximum Gasteiger partial charge on any atom is 0.268 e. The fourth-order valence-electron chi connectivity index (χ4n) is 4.09. The minimum absolute atomic E-state index is 0.0485. The molecule has 164 valence electrons. The molecule has 0 spiro atoms. The van der Waals surface area contributed by atoms with Gasteiger partial charge < -0.3 is 19.3 Å². The van der Waals surface area contributed by atoms with Gasteiger partial charge in [-0.25, -0.2) is 0 Å². The van der Waals surface area contributed by atoms with Gasteiger partial charge in [-0.15, -0.1) is 11.3 Å². The van der Waals surface area contributed by atoms with Crippen LogP contribution in [0.2, 0.25) is 4.34 Å². The Kier molecular flexibility index (Phi) is 5.71. The SMILES string of the molecule is O=CN1CCC(NC(=O)c2cc3ccccc3n2Cc2cc(-c3ccc(Cl)s3)on2)CC1. The molecule has 3 aromatic heterocycles. The lowest BCUT2D eigenvalue weighted by atomic mass is 10.1. The van der Waals surface area contributed by atoms with Crippen molar-refractivity contribution in [3.05, 3.63) is 64.3 Å². The van der Waals surface area contributed by atoms with E-state index < -0.39 is 0 Å². The molecule has 0 radical (unpaired) electrons. The summed E-state index contributed by atoms with van der Waals surface area (Å²) < 4.78 is 8.18. The van der Waals surface area contributed by atoms with Gasteiger partial charge in [-0.05, 0) is 37.1 Å². The van der Waals surface area contributed by atoms with Crippen molar-refractivity contribution in [3.8, 4) is 10.6 Å². The monoisotopic (exact) mass is 468 g/mol. The van der Waals surface area contributed by atoms with Crippen molar-refractivity contribution in [3.63, 3.8) is 0 Å². The van der Waals surface area contributed by atoms with Crippen LogP contribution in [0.5, 0.6) is 0 Å². The number of likely N-dealkylation sites (tertiary alicyclic amines) is 1. The number of carbonyl (C=O) groups is 2. The number of rotatable bonds is 6. The first kappa shape index (κ1) is 20.8. The number of halogens is 1. The van der Waals surface area contributed by atoms with Gasteiger partial charge in [0.05, 0.1) is 15.8 Å². The lowest BCUT2D eigenvalue weighted by Gasteiger charge is -2.29. The van der Waals surface area contributed by atoms with Gasteiger partial charge in [0.15, 0.2) is 5.76 Å². The largest absolute Gasteiger partial charge is 0.355 e. The van der Waals surface area contributed by atoms with E-state index in [0.29, 0.717) is 35.4 Å². The molecule has 0 saturated carbocycles. The van der Waals surface area contributed by atoms with E-state index in [1.807, 2.05) is 53.1 Å². The van der Waals surface area contributed by atoms with E-state index in [0.717, 1.165) is 40.7 Å². The lowest BCUT2D eigenvalue weighted by molar-refractivity contribution is -0.119. The van der Waals surface area contributed by atoms with E-state index in [-0.39, 0.29) is 11.9 Å². The van der Waals surface area contributed by atoms with Gasteiger partial charge in [-0.1, -0.05) is 35.0 Å². The standard InChI is InChI=1S/C23H21ClN4O3S/c24-22-6-5-21(32-22)20-12-17(26-31-20)13-28-18-4-2-1-3-15(18)11-19(28)23(30)25-16-7-9-27(14-29)10-8-16/h1-6,11-12,14,16H,7-10,13H2,(H,25,30). The van der Waals surface area contributed by atoms with Gasteiger partial charge in [0.25, 0.3) is 5.91 Å². The normalized spacial score (nSPS) is 14.7. The molecule has 32 heavy (non-hydrogen) atoms. The molecule has 5 rings (SSSR count). The summed E-state index contributed by atoms with van der Waals surface area (Å²) >= 11 is 7.47. The van der Waals surface area contributed by atoms with Crippen LogP contribution in [0.25, 0.3) is 21.5 Å². The molecule has 0 bridgehead atoms. The molecular weight excluding hydrogens is 448 g/mol. The topological polar surface area (TPSA) is 80.4 Å². The van der Waals surface area contributed by atoms with E-state index in [1.165, 1.54) is 11.3 Å². The molecule has 1 fully saturated rings. The Bertz CT molecular complexity index is 1270. The molecule has 0 unspecified atom stereocenters. The molecular formula is C23H21ClN4O3S. The minimum Gasteiger partial charge on any atom is -0.355 e. The third-order valence-electron chi connectivity index (χ3n) is 5.75. The van der Waals surface area contributed by atoms with Gasteiger partial charge >= 0.3 is 0 Å². The van der Waals surface area contributed by atoms with Crippen molar-refractivity contribution in [1.82, 2.24) is 19.9 Å². The summed E-state index contributed by atoms with van der Waals surface area (Å²) in [7, 11) is 0. The Labute approximate surface area is 193 Å². The first-order valence-corrected chi connectivity index (χ1v) is 11.6. The highest BCUT2D eigenvalue weighted by molar-refractivity contribution is 7.19. The molecule has 1 N–H and O–H groups in total. The van der Waals surface area contributed by atoms with E-state index in [1.54, 1.807) is 4.90 Å². The molecule has 9 heteroatoms. The molecule has 4 aromatic rings. The quantitative estimate of drug-likeness (QED) is 0.425. The molecule has 1 aromatic carbocycles. The van der Waals surface area contributed by atoms with Crippen molar-refractivity contribution in [2.45, 2.75) is 25.4 Å². The molecule has 0 aliphatic carbocycles. The van der Waals surface area contributed by atoms with Gasteiger partial charge in [-0.3, -0.25) is 9.59 Å². The van der Waals surface area contributed by atoms with E-state index in [9.17, 15) is 9.59 Å². The average molecular weight is 469 g/mol. The summed E-state index contributed by atoms with van der Waals surface area (Å²) in [5.74, 6) is 0.529. The molecule has 4 heterocycles. The number of hydrogen-bond acceptors (Lipinski definition) is 5. The van der Waals surface area contributed by atoms with Crippen LogP contribution in [0.3, 0.4) is 0 Å². The van der Waals surface area contributed by atoms with E-state index in [2.05, 4.69) is 10.5 Å². The zero-order chi connectivity index (χ0) is 22.1. The maximum absolute atomic E-state index is 13.2. The fraction of sp³-hybridized carbons (Fsp3) is 0.261. The number of piperidine rings is 1. The van der Waals surface area contributed by atoms with Gasteiger partial charge in [0.2, 0.25) is 6.41 Å². The van der Waals surface area contributed by atoms with Crippen LogP contribution in [-0.4, -0.2) is 46.1 Å². The van der Waals surface area contributed by atoms with Crippen LogP contribution < -0.4 is 5.32 Å². The second-order valence-corrected chi connectivity index (χ2v) is 9.56. The van der Waals surface area contributed by atoms with Crippen molar-refractivity contribution >= 4 is 46.2 Å². The summed E-state index contributed by atoms with van der Waals surface area (Å²) in [5, 5.41) is 8.34. The number of amides is 2. The molecule has 1 aliphatic rings. The van der Waals surface area contributed by atoms with E-state index in [4.69, 9.17) is 16.1 Å². The number of carbonyl (C=O) groups excluding carboxylic acids is 2. The Morgan fingerprint density at radius 1 is 1.22 bits per heavy atom. The fourth-order valence-corrected chi connectivity index (χ4v) is 5.08. The lowest BCUT2D eigenvalue weighted by Crippen LogP contribution is -2.44. The zero-order valence-electron chi connectivity index (χ0n) is 17.2. The smallest absolute Gasteiger partial charge is 0.268 e. The van der Waals surface area contributed by atoms with Crippen LogP contribution in [0, 0.1) is 0 Å². The highest BCUT2D eigenvalue weighted by atomic mass is 35.5. The van der Waals surface area contributed by atoms with Crippen LogP contribution in [0.1, 0.15) is 29.0 Å². The van der Waals surface area contributed by atoms with Gasteiger partial charge in [0.1, 0.15) is 11.4 Å². The van der Waals surface area contributed by atoms with Crippen LogP contribution >= 0.6 is 22.9 Å². The number of hydrogen-bond donors (Lipinski definition) is 1. The summed E-state index contributed by atoms with van der Waals surface area (Å²) in [6.07, 6.45) is 2.37. The minimum atomic E-state index is -0.125. The highest BCUT2D eigenvalue weighted by Gasteiger charge is 2.23. The Morgan fingerprint density at radius 3 is 2.78 bits per heavy atom. The summed E-state index contributed by atoms with van der Waals surface area (Å²) in [6.45, 7) is 1.72. The van der Waals surface area contributed by atoms with Crippen LogP contribution in [0.15, 0.2) is 53.1 Å².